The Morgan fingerprint density at radius 2 is 1.93 bits per heavy atom. The predicted octanol–water partition coefficient (Wildman–Crippen LogP) is 4.96. The van der Waals surface area contributed by atoms with E-state index in [-0.39, 0.29) is 16.5 Å². The van der Waals surface area contributed by atoms with Gasteiger partial charge in [-0.3, -0.25) is 9.36 Å². The first-order valence-electron chi connectivity index (χ1n) is 9.56. The number of hydrogen-bond donors (Lipinski definition) is 1. The molecule has 158 valence electrons. The van der Waals surface area contributed by atoms with Crippen LogP contribution in [0.4, 0.5) is 11.6 Å². The van der Waals surface area contributed by atoms with Crippen molar-refractivity contribution in [2.45, 2.75) is 50.5 Å². The second-order valence-corrected chi connectivity index (χ2v) is 10.9. The Kier molecular flexibility index (Phi) is 5.63. The average Bonchev–Trinajstić information content (AvgIpc) is 3.21. The Morgan fingerprint density at radius 1 is 1.23 bits per heavy atom. The first-order chi connectivity index (χ1) is 14.2. The maximum absolute atomic E-state index is 13.0. The molecule has 1 aromatic carbocycles. The van der Waals surface area contributed by atoms with E-state index in [1.807, 2.05) is 6.92 Å². The molecular weight excluding hydrogens is 492 g/mol. The molecule has 0 spiro atoms. The van der Waals surface area contributed by atoms with Crippen LogP contribution < -0.4 is 10.9 Å². The van der Waals surface area contributed by atoms with Crippen LogP contribution in [0.15, 0.2) is 38.6 Å². The largest absolute Gasteiger partial charge is 0.324 e. The number of fused-ring (bicyclic) bond motifs is 1. The number of halogens is 2. The number of aryl methyl sites for hydroxylation is 2. The van der Waals surface area contributed by atoms with Crippen molar-refractivity contribution in [2.24, 2.45) is 0 Å². The zero-order chi connectivity index (χ0) is 21.6. The van der Waals surface area contributed by atoms with E-state index in [1.54, 1.807) is 23.8 Å². The first-order valence-corrected chi connectivity index (χ1v) is 12.7. The van der Waals surface area contributed by atoms with Gasteiger partial charge in [0.1, 0.15) is 5.65 Å². The van der Waals surface area contributed by atoms with Crippen molar-refractivity contribution >= 4 is 58.3 Å². The van der Waals surface area contributed by atoms with Crippen molar-refractivity contribution in [2.75, 3.05) is 5.32 Å². The van der Waals surface area contributed by atoms with Crippen molar-refractivity contribution in [3.8, 4) is 0 Å². The fraction of sp³-hybridized carbons (Fsp3) is 0.350. The lowest BCUT2D eigenvalue weighted by atomic mass is 10.1. The molecule has 3 aromatic rings. The summed E-state index contributed by atoms with van der Waals surface area (Å²) in [4.78, 5) is 22.1. The normalized spacial score (nSPS) is 15.1. The summed E-state index contributed by atoms with van der Waals surface area (Å²) in [5, 5.41) is 3.95. The highest BCUT2D eigenvalue weighted by molar-refractivity contribution is 9.10. The van der Waals surface area contributed by atoms with E-state index in [1.165, 1.54) is 12.1 Å². The fourth-order valence-electron chi connectivity index (χ4n) is 3.91. The highest BCUT2D eigenvalue weighted by atomic mass is 79.9. The molecule has 2 heterocycles. The molecule has 0 atom stereocenters. The van der Waals surface area contributed by atoms with E-state index in [2.05, 4.69) is 31.2 Å². The Bertz CT molecular complexity index is 1320. The SMILES string of the molecule is Cc1cc(S(=O)(=O)Cl)ccc1Nc1ncc2c(C)c(Br)c(=O)n(C3CCCC3)c2n1. The maximum atomic E-state index is 13.0. The van der Waals surface area contributed by atoms with E-state index in [0.29, 0.717) is 27.3 Å². The topological polar surface area (TPSA) is 94.0 Å². The van der Waals surface area contributed by atoms with E-state index in [9.17, 15) is 13.2 Å². The van der Waals surface area contributed by atoms with Crippen LogP contribution in [-0.4, -0.2) is 23.0 Å². The first kappa shape index (κ1) is 21.3. The van der Waals surface area contributed by atoms with Crippen molar-refractivity contribution in [1.82, 2.24) is 14.5 Å². The molecule has 0 radical (unpaired) electrons. The zero-order valence-electron chi connectivity index (χ0n) is 16.4. The average molecular weight is 512 g/mol. The molecule has 4 rings (SSSR count). The van der Waals surface area contributed by atoms with Gasteiger partial charge in [0.15, 0.2) is 0 Å². The second-order valence-electron chi connectivity index (χ2n) is 7.52. The molecule has 0 unspecified atom stereocenters. The van der Waals surface area contributed by atoms with E-state index in [0.717, 1.165) is 36.6 Å². The Balaban J connectivity index is 1.81. The summed E-state index contributed by atoms with van der Waals surface area (Å²) in [6, 6.07) is 4.65. The van der Waals surface area contributed by atoms with Crippen LogP contribution in [0.25, 0.3) is 11.0 Å². The number of aromatic nitrogens is 3. The standard InChI is InChI=1S/C20H20BrClN4O3S/c1-11-9-14(30(22,28)29)7-8-16(11)24-20-23-10-15-12(2)17(21)19(27)26(18(15)25-20)13-5-3-4-6-13/h7-10,13H,3-6H2,1-2H3,(H,23,24,25). The minimum atomic E-state index is -3.80. The Morgan fingerprint density at radius 3 is 2.57 bits per heavy atom. The lowest BCUT2D eigenvalue weighted by molar-refractivity contribution is 0.514. The van der Waals surface area contributed by atoms with Gasteiger partial charge < -0.3 is 5.32 Å². The monoisotopic (exact) mass is 510 g/mol. The molecular formula is C20H20BrClN4O3S. The fourth-order valence-corrected chi connectivity index (χ4v) is 5.15. The third kappa shape index (κ3) is 3.86. The molecule has 10 heteroatoms. The molecule has 2 aromatic heterocycles. The minimum Gasteiger partial charge on any atom is -0.324 e. The van der Waals surface area contributed by atoms with Gasteiger partial charge in [-0.05, 0) is 71.9 Å². The number of rotatable bonds is 4. The van der Waals surface area contributed by atoms with Crippen LogP contribution in [0, 0.1) is 13.8 Å². The highest BCUT2D eigenvalue weighted by Crippen LogP contribution is 2.33. The number of nitrogens with zero attached hydrogens (tertiary/aromatic N) is 3. The third-order valence-electron chi connectivity index (χ3n) is 5.55. The van der Waals surface area contributed by atoms with E-state index >= 15 is 0 Å². The number of nitrogens with one attached hydrogen (secondary N) is 1. The quantitative estimate of drug-likeness (QED) is 0.498. The molecule has 0 bridgehead atoms. The third-order valence-corrected chi connectivity index (χ3v) is 7.84. The smallest absolute Gasteiger partial charge is 0.267 e. The van der Waals surface area contributed by atoms with Crippen LogP contribution in [0.5, 0.6) is 0 Å². The second kappa shape index (κ2) is 7.94. The van der Waals surface area contributed by atoms with Gasteiger partial charge in [0, 0.05) is 34.0 Å². The minimum absolute atomic E-state index is 0.0298. The van der Waals surface area contributed by atoms with Crippen LogP contribution in [-0.2, 0) is 9.05 Å². The molecule has 1 N–H and O–H groups in total. The summed E-state index contributed by atoms with van der Waals surface area (Å²) in [5.41, 5.74) is 2.67. The lowest BCUT2D eigenvalue weighted by Gasteiger charge is -2.19. The summed E-state index contributed by atoms with van der Waals surface area (Å²) in [6.45, 7) is 3.64. The van der Waals surface area contributed by atoms with Gasteiger partial charge in [0.25, 0.3) is 14.6 Å². The lowest BCUT2D eigenvalue weighted by Crippen LogP contribution is -2.26. The van der Waals surface area contributed by atoms with Gasteiger partial charge in [-0.2, -0.15) is 4.98 Å². The van der Waals surface area contributed by atoms with Gasteiger partial charge in [-0.1, -0.05) is 12.8 Å². The number of benzene rings is 1. The maximum Gasteiger partial charge on any atom is 0.267 e. The Hall–Kier alpha value is -1.97. The summed E-state index contributed by atoms with van der Waals surface area (Å²) in [7, 11) is 1.62. The van der Waals surface area contributed by atoms with Crippen LogP contribution >= 0.6 is 26.6 Å². The molecule has 0 aliphatic heterocycles. The number of anilines is 2. The van der Waals surface area contributed by atoms with Crippen LogP contribution in [0.1, 0.15) is 42.9 Å². The van der Waals surface area contributed by atoms with Gasteiger partial charge in [-0.25, -0.2) is 13.4 Å². The van der Waals surface area contributed by atoms with Crippen molar-refractivity contribution in [1.29, 1.82) is 0 Å². The van der Waals surface area contributed by atoms with Crippen LogP contribution in [0.3, 0.4) is 0 Å². The summed E-state index contributed by atoms with van der Waals surface area (Å²) < 4.78 is 25.4. The van der Waals surface area contributed by atoms with Crippen molar-refractivity contribution in [3.63, 3.8) is 0 Å². The van der Waals surface area contributed by atoms with Crippen molar-refractivity contribution in [3.05, 3.63) is 50.3 Å². The van der Waals surface area contributed by atoms with Gasteiger partial charge >= 0.3 is 0 Å². The van der Waals surface area contributed by atoms with Crippen molar-refractivity contribution < 1.29 is 8.42 Å². The number of hydrogen-bond acceptors (Lipinski definition) is 6. The zero-order valence-corrected chi connectivity index (χ0v) is 19.6. The van der Waals surface area contributed by atoms with Gasteiger partial charge in [0.2, 0.25) is 5.95 Å². The molecule has 1 fully saturated rings. The molecule has 7 nitrogen and oxygen atoms in total. The van der Waals surface area contributed by atoms with Gasteiger partial charge in [0.05, 0.1) is 9.37 Å². The van der Waals surface area contributed by atoms with Crippen LogP contribution in [0.2, 0.25) is 0 Å². The summed E-state index contributed by atoms with van der Waals surface area (Å²) in [6.07, 6.45) is 5.79. The highest BCUT2D eigenvalue weighted by Gasteiger charge is 2.24. The molecule has 0 saturated heterocycles. The molecule has 1 aliphatic carbocycles. The summed E-state index contributed by atoms with van der Waals surface area (Å²) in [5.74, 6) is 0.333. The predicted molar refractivity (Wildman–Crippen MR) is 121 cm³/mol. The molecule has 1 aliphatic rings. The molecule has 30 heavy (non-hydrogen) atoms. The Labute approximate surface area is 187 Å². The van der Waals surface area contributed by atoms with E-state index in [4.69, 9.17) is 10.7 Å². The number of pyridine rings is 1. The molecule has 1 saturated carbocycles. The molecule has 0 amide bonds. The van der Waals surface area contributed by atoms with E-state index < -0.39 is 9.05 Å². The summed E-state index contributed by atoms with van der Waals surface area (Å²) >= 11 is 3.44. The van der Waals surface area contributed by atoms with Gasteiger partial charge in [-0.15, -0.1) is 0 Å².